The number of aromatic nitrogens is 2. The van der Waals surface area contributed by atoms with E-state index in [4.69, 9.17) is 9.26 Å². The molecule has 0 aliphatic rings. The summed E-state index contributed by atoms with van der Waals surface area (Å²) in [5.74, 6) is 1.89. The van der Waals surface area contributed by atoms with Gasteiger partial charge in [0.25, 0.3) is 0 Å². The molecule has 5 nitrogen and oxygen atoms in total. The molecule has 0 aliphatic heterocycles. The molecule has 0 atom stereocenters. The van der Waals surface area contributed by atoms with Gasteiger partial charge in [-0.2, -0.15) is 4.98 Å². The summed E-state index contributed by atoms with van der Waals surface area (Å²) in [4.78, 5) is 8.64. The van der Waals surface area contributed by atoms with Crippen LogP contribution in [0.1, 0.15) is 11.5 Å². The third-order valence-electron chi connectivity index (χ3n) is 3.08. The highest BCUT2D eigenvalue weighted by molar-refractivity contribution is 5.79. The van der Waals surface area contributed by atoms with Crippen LogP contribution >= 0.6 is 0 Å². The number of ether oxygens (including phenoxy) is 1. The SMILES string of the molecule is COc1ccc(C=NCc2nc(-c3ccccc3)no2)cc1. The van der Waals surface area contributed by atoms with E-state index >= 15 is 0 Å². The molecule has 0 unspecified atom stereocenters. The molecule has 1 aromatic heterocycles. The number of hydrogen-bond acceptors (Lipinski definition) is 5. The highest BCUT2D eigenvalue weighted by Crippen LogP contribution is 2.15. The summed E-state index contributed by atoms with van der Waals surface area (Å²) in [6, 6.07) is 17.4. The van der Waals surface area contributed by atoms with E-state index in [1.807, 2.05) is 54.6 Å². The Hall–Kier alpha value is -2.95. The first-order chi connectivity index (χ1) is 10.8. The second-order valence-corrected chi connectivity index (χ2v) is 4.62. The van der Waals surface area contributed by atoms with Crippen molar-refractivity contribution >= 4 is 6.21 Å². The maximum Gasteiger partial charge on any atom is 0.248 e. The largest absolute Gasteiger partial charge is 0.497 e. The van der Waals surface area contributed by atoms with Gasteiger partial charge in [0.1, 0.15) is 12.3 Å². The maximum atomic E-state index is 5.20. The average Bonchev–Trinajstić information content (AvgIpc) is 3.05. The molecule has 0 aliphatic carbocycles. The van der Waals surface area contributed by atoms with E-state index in [1.165, 1.54) is 0 Å². The summed E-state index contributed by atoms with van der Waals surface area (Å²) in [5, 5.41) is 3.96. The molecule has 0 fully saturated rings. The first kappa shape index (κ1) is 14.0. The quantitative estimate of drug-likeness (QED) is 0.677. The Morgan fingerprint density at radius 2 is 1.86 bits per heavy atom. The van der Waals surface area contributed by atoms with Crippen LogP contribution in [-0.4, -0.2) is 23.5 Å². The Morgan fingerprint density at radius 1 is 1.09 bits per heavy atom. The van der Waals surface area contributed by atoms with Crippen molar-refractivity contribution in [2.24, 2.45) is 4.99 Å². The molecule has 110 valence electrons. The van der Waals surface area contributed by atoms with Crippen LogP contribution in [0.4, 0.5) is 0 Å². The van der Waals surface area contributed by atoms with Crippen LogP contribution < -0.4 is 4.74 Å². The molecular formula is C17H15N3O2. The van der Waals surface area contributed by atoms with Crippen LogP contribution in [-0.2, 0) is 6.54 Å². The monoisotopic (exact) mass is 293 g/mol. The minimum absolute atomic E-state index is 0.353. The zero-order chi connectivity index (χ0) is 15.2. The smallest absolute Gasteiger partial charge is 0.248 e. The van der Waals surface area contributed by atoms with Crippen molar-refractivity contribution in [2.45, 2.75) is 6.54 Å². The number of rotatable bonds is 5. The van der Waals surface area contributed by atoms with Crippen LogP contribution in [0, 0.1) is 0 Å². The Labute approximate surface area is 128 Å². The minimum atomic E-state index is 0.353. The molecule has 0 saturated heterocycles. The molecular weight excluding hydrogens is 278 g/mol. The minimum Gasteiger partial charge on any atom is -0.497 e. The van der Waals surface area contributed by atoms with Crippen LogP contribution in [0.2, 0.25) is 0 Å². The van der Waals surface area contributed by atoms with Crippen molar-refractivity contribution in [3.8, 4) is 17.1 Å². The lowest BCUT2D eigenvalue weighted by Gasteiger charge is -1.98. The van der Waals surface area contributed by atoms with Crippen molar-refractivity contribution in [2.75, 3.05) is 7.11 Å². The Kier molecular flexibility index (Phi) is 4.25. The van der Waals surface area contributed by atoms with Gasteiger partial charge in [0.2, 0.25) is 11.7 Å². The molecule has 3 rings (SSSR count). The lowest BCUT2D eigenvalue weighted by Crippen LogP contribution is -1.87. The molecule has 2 aromatic carbocycles. The lowest BCUT2D eigenvalue weighted by atomic mass is 10.2. The van der Waals surface area contributed by atoms with E-state index in [2.05, 4.69) is 15.1 Å². The fourth-order valence-corrected chi connectivity index (χ4v) is 1.94. The standard InChI is InChI=1S/C17H15N3O2/c1-21-15-9-7-13(8-10-15)11-18-12-16-19-17(20-22-16)14-5-3-2-4-6-14/h2-11H,12H2,1H3. The molecule has 0 amide bonds. The molecule has 0 N–H and O–H groups in total. The molecule has 1 heterocycles. The number of methoxy groups -OCH3 is 1. The summed E-state index contributed by atoms with van der Waals surface area (Å²) in [6.45, 7) is 0.353. The fraction of sp³-hybridized carbons (Fsp3) is 0.118. The molecule has 22 heavy (non-hydrogen) atoms. The first-order valence-electron chi connectivity index (χ1n) is 6.87. The van der Waals surface area contributed by atoms with Gasteiger partial charge in [0.15, 0.2) is 0 Å². The van der Waals surface area contributed by atoms with Gasteiger partial charge in [-0.05, 0) is 29.8 Å². The number of benzene rings is 2. The Morgan fingerprint density at radius 3 is 2.59 bits per heavy atom. The van der Waals surface area contributed by atoms with E-state index in [9.17, 15) is 0 Å². The van der Waals surface area contributed by atoms with Gasteiger partial charge in [0.05, 0.1) is 7.11 Å². The highest BCUT2D eigenvalue weighted by Gasteiger charge is 2.06. The van der Waals surface area contributed by atoms with Crippen LogP contribution in [0.3, 0.4) is 0 Å². The van der Waals surface area contributed by atoms with Crippen LogP contribution in [0.15, 0.2) is 64.1 Å². The lowest BCUT2D eigenvalue weighted by molar-refractivity contribution is 0.381. The normalized spacial score (nSPS) is 11.0. The van der Waals surface area contributed by atoms with E-state index in [0.717, 1.165) is 16.9 Å². The molecule has 5 heteroatoms. The maximum absolute atomic E-state index is 5.20. The summed E-state index contributed by atoms with van der Waals surface area (Å²) in [6.07, 6.45) is 1.77. The van der Waals surface area contributed by atoms with Crippen molar-refractivity contribution in [3.63, 3.8) is 0 Å². The van der Waals surface area contributed by atoms with E-state index in [1.54, 1.807) is 13.3 Å². The van der Waals surface area contributed by atoms with Gasteiger partial charge in [-0.3, -0.25) is 4.99 Å². The number of nitrogens with zero attached hydrogens (tertiary/aromatic N) is 3. The molecule has 0 bridgehead atoms. The molecule has 0 saturated carbocycles. The zero-order valence-electron chi connectivity index (χ0n) is 12.1. The Balaban J connectivity index is 1.64. The van der Waals surface area contributed by atoms with Crippen LogP contribution in [0.25, 0.3) is 11.4 Å². The number of hydrogen-bond donors (Lipinski definition) is 0. The molecule has 0 radical (unpaired) electrons. The van der Waals surface area contributed by atoms with Crippen molar-refractivity contribution < 1.29 is 9.26 Å². The van der Waals surface area contributed by atoms with Gasteiger partial charge >= 0.3 is 0 Å². The third kappa shape index (κ3) is 3.38. The summed E-state index contributed by atoms with van der Waals surface area (Å²) < 4.78 is 10.3. The van der Waals surface area contributed by atoms with Crippen molar-refractivity contribution in [1.82, 2.24) is 10.1 Å². The topological polar surface area (TPSA) is 60.5 Å². The van der Waals surface area contributed by atoms with Gasteiger partial charge < -0.3 is 9.26 Å². The van der Waals surface area contributed by atoms with Gasteiger partial charge in [0, 0.05) is 11.8 Å². The molecule has 0 spiro atoms. The number of aliphatic imine (C=N–C) groups is 1. The van der Waals surface area contributed by atoms with Gasteiger partial charge in [-0.15, -0.1) is 0 Å². The third-order valence-corrected chi connectivity index (χ3v) is 3.08. The average molecular weight is 293 g/mol. The predicted octanol–water partition coefficient (Wildman–Crippen LogP) is 3.36. The predicted molar refractivity (Wildman–Crippen MR) is 84.0 cm³/mol. The van der Waals surface area contributed by atoms with Crippen molar-refractivity contribution in [3.05, 3.63) is 66.1 Å². The van der Waals surface area contributed by atoms with Crippen molar-refractivity contribution in [1.29, 1.82) is 0 Å². The molecule has 3 aromatic rings. The van der Waals surface area contributed by atoms with E-state index in [0.29, 0.717) is 18.3 Å². The second kappa shape index (κ2) is 6.67. The van der Waals surface area contributed by atoms with Gasteiger partial charge in [-0.1, -0.05) is 35.5 Å². The van der Waals surface area contributed by atoms with Crippen LogP contribution in [0.5, 0.6) is 5.75 Å². The summed E-state index contributed by atoms with van der Waals surface area (Å²) in [5.41, 5.74) is 1.92. The highest BCUT2D eigenvalue weighted by atomic mass is 16.5. The van der Waals surface area contributed by atoms with E-state index < -0.39 is 0 Å². The second-order valence-electron chi connectivity index (χ2n) is 4.62. The Bertz CT molecular complexity index is 749. The summed E-state index contributed by atoms with van der Waals surface area (Å²) in [7, 11) is 1.64. The zero-order valence-corrected chi connectivity index (χ0v) is 12.1. The summed E-state index contributed by atoms with van der Waals surface area (Å²) >= 11 is 0. The van der Waals surface area contributed by atoms with Gasteiger partial charge in [-0.25, -0.2) is 0 Å². The fourth-order valence-electron chi connectivity index (χ4n) is 1.94. The van der Waals surface area contributed by atoms with E-state index in [-0.39, 0.29) is 0 Å². The first-order valence-corrected chi connectivity index (χ1v) is 6.87.